The Morgan fingerprint density at radius 3 is 2.75 bits per heavy atom. The van der Waals surface area contributed by atoms with Crippen LogP contribution in [0.5, 0.6) is 0 Å². The molecule has 1 rings (SSSR count). The van der Waals surface area contributed by atoms with Gasteiger partial charge in [-0.3, -0.25) is 4.90 Å². The molecule has 1 fully saturated rings. The van der Waals surface area contributed by atoms with E-state index in [1.807, 2.05) is 0 Å². The maximum Gasteiger partial charge on any atom is 0.0278 e. The van der Waals surface area contributed by atoms with Crippen LogP contribution in [-0.4, -0.2) is 36.1 Å². The second-order valence-corrected chi connectivity index (χ2v) is 5.53. The van der Waals surface area contributed by atoms with Crippen molar-refractivity contribution in [2.75, 3.05) is 19.6 Å². The monoisotopic (exact) mass is 222 g/mol. The highest BCUT2D eigenvalue weighted by Gasteiger charge is 2.35. The minimum atomic E-state index is 0.264. The molecular weight excluding hydrogens is 196 g/mol. The number of terminal acetylenes is 1. The SMILES string of the molecule is C#CCCN1CC(C)(CC)NCC1C(C)C. The van der Waals surface area contributed by atoms with Gasteiger partial charge in [-0.25, -0.2) is 0 Å². The van der Waals surface area contributed by atoms with E-state index < -0.39 is 0 Å². The van der Waals surface area contributed by atoms with Crippen LogP contribution < -0.4 is 5.32 Å². The maximum atomic E-state index is 5.38. The lowest BCUT2D eigenvalue weighted by atomic mass is 9.90. The molecule has 92 valence electrons. The van der Waals surface area contributed by atoms with E-state index in [0.717, 1.165) is 26.1 Å². The van der Waals surface area contributed by atoms with Gasteiger partial charge >= 0.3 is 0 Å². The number of nitrogens with zero attached hydrogens (tertiary/aromatic N) is 1. The van der Waals surface area contributed by atoms with Crippen LogP contribution in [0, 0.1) is 18.3 Å². The second-order valence-electron chi connectivity index (χ2n) is 5.53. The lowest BCUT2D eigenvalue weighted by molar-refractivity contribution is 0.0624. The minimum absolute atomic E-state index is 0.264. The molecule has 1 aliphatic rings. The normalized spacial score (nSPS) is 31.6. The predicted molar refractivity (Wildman–Crippen MR) is 70.3 cm³/mol. The Bertz CT molecular complexity index is 254. The van der Waals surface area contributed by atoms with E-state index in [0.29, 0.717) is 12.0 Å². The molecule has 2 heteroatoms. The van der Waals surface area contributed by atoms with Crippen LogP contribution >= 0.6 is 0 Å². The van der Waals surface area contributed by atoms with E-state index in [1.54, 1.807) is 0 Å². The quantitative estimate of drug-likeness (QED) is 0.733. The van der Waals surface area contributed by atoms with E-state index in [1.165, 1.54) is 6.42 Å². The van der Waals surface area contributed by atoms with Gasteiger partial charge in [-0.15, -0.1) is 12.3 Å². The predicted octanol–water partition coefficient (Wildman–Crippen LogP) is 2.11. The number of piperazine rings is 1. The fraction of sp³-hybridized carbons (Fsp3) is 0.857. The molecule has 1 aliphatic heterocycles. The molecule has 0 spiro atoms. The summed E-state index contributed by atoms with van der Waals surface area (Å²) in [5.41, 5.74) is 0.264. The Morgan fingerprint density at radius 2 is 2.25 bits per heavy atom. The number of nitrogens with one attached hydrogen (secondary N) is 1. The van der Waals surface area contributed by atoms with Crippen LogP contribution in [0.15, 0.2) is 0 Å². The molecule has 1 heterocycles. The summed E-state index contributed by atoms with van der Waals surface area (Å²) in [5, 5.41) is 3.69. The topological polar surface area (TPSA) is 15.3 Å². The van der Waals surface area contributed by atoms with Crippen LogP contribution in [0.1, 0.15) is 40.5 Å². The number of hydrogen-bond donors (Lipinski definition) is 1. The van der Waals surface area contributed by atoms with Gasteiger partial charge in [0.2, 0.25) is 0 Å². The summed E-state index contributed by atoms with van der Waals surface area (Å²) in [6, 6.07) is 0.632. The van der Waals surface area contributed by atoms with Gasteiger partial charge in [0, 0.05) is 37.6 Å². The molecule has 2 atom stereocenters. The standard InChI is InChI=1S/C14H26N2/c1-6-8-9-16-11-14(5,7-2)15-10-13(16)12(3)4/h1,12-13,15H,7-11H2,2-5H3. The molecule has 0 aromatic carbocycles. The molecule has 1 saturated heterocycles. The highest BCUT2D eigenvalue weighted by Crippen LogP contribution is 2.22. The molecule has 0 amide bonds. The van der Waals surface area contributed by atoms with Crippen molar-refractivity contribution in [3.05, 3.63) is 0 Å². The number of rotatable bonds is 4. The number of hydrogen-bond acceptors (Lipinski definition) is 2. The van der Waals surface area contributed by atoms with E-state index >= 15 is 0 Å². The summed E-state index contributed by atoms with van der Waals surface area (Å²) in [4.78, 5) is 2.57. The zero-order valence-corrected chi connectivity index (χ0v) is 11.2. The third-order valence-corrected chi connectivity index (χ3v) is 3.85. The van der Waals surface area contributed by atoms with Crippen molar-refractivity contribution < 1.29 is 0 Å². The van der Waals surface area contributed by atoms with Crippen molar-refractivity contribution in [2.24, 2.45) is 5.92 Å². The van der Waals surface area contributed by atoms with E-state index in [-0.39, 0.29) is 5.54 Å². The van der Waals surface area contributed by atoms with Gasteiger partial charge in [0.25, 0.3) is 0 Å². The summed E-state index contributed by atoms with van der Waals surface area (Å²) in [7, 11) is 0. The maximum absolute atomic E-state index is 5.38. The Hall–Kier alpha value is -0.520. The largest absolute Gasteiger partial charge is 0.309 e. The fourth-order valence-corrected chi connectivity index (χ4v) is 2.45. The van der Waals surface area contributed by atoms with Crippen molar-refractivity contribution in [1.82, 2.24) is 10.2 Å². The zero-order chi connectivity index (χ0) is 12.2. The molecule has 2 nitrogen and oxygen atoms in total. The molecule has 0 bridgehead atoms. The third-order valence-electron chi connectivity index (χ3n) is 3.85. The van der Waals surface area contributed by atoms with Gasteiger partial charge < -0.3 is 5.32 Å². The molecule has 2 unspecified atom stereocenters. The van der Waals surface area contributed by atoms with Crippen molar-refractivity contribution in [3.63, 3.8) is 0 Å². The average Bonchev–Trinajstić information content (AvgIpc) is 2.26. The summed E-state index contributed by atoms with van der Waals surface area (Å²) in [5.74, 6) is 3.44. The molecular formula is C14H26N2. The van der Waals surface area contributed by atoms with Gasteiger partial charge in [0.1, 0.15) is 0 Å². The first kappa shape index (κ1) is 13.5. The molecule has 0 radical (unpaired) electrons. The van der Waals surface area contributed by atoms with Crippen molar-refractivity contribution in [1.29, 1.82) is 0 Å². The first-order valence-electron chi connectivity index (χ1n) is 6.45. The van der Waals surface area contributed by atoms with Crippen molar-refractivity contribution in [3.8, 4) is 12.3 Å². The highest BCUT2D eigenvalue weighted by molar-refractivity contribution is 4.96. The van der Waals surface area contributed by atoms with E-state index in [4.69, 9.17) is 6.42 Å². The average molecular weight is 222 g/mol. The summed E-state index contributed by atoms with van der Waals surface area (Å²) in [6.07, 6.45) is 7.41. The summed E-state index contributed by atoms with van der Waals surface area (Å²) < 4.78 is 0. The van der Waals surface area contributed by atoms with Gasteiger partial charge in [-0.05, 0) is 19.3 Å². The first-order chi connectivity index (χ1) is 7.52. The van der Waals surface area contributed by atoms with Crippen LogP contribution in [0.4, 0.5) is 0 Å². The second kappa shape index (κ2) is 5.70. The smallest absolute Gasteiger partial charge is 0.0278 e. The first-order valence-corrected chi connectivity index (χ1v) is 6.45. The van der Waals surface area contributed by atoms with Gasteiger partial charge in [-0.1, -0.05) is 20.8 Å². The van der Waals surface area contributed by atoms with Gasteiger partial charge in [-0.2, -0.15) is 0 Å². The van der Waals surface area contributed by atoms with Gasteiger partial charge in [0.05, 0.1) is 0 Å². The van der Waals surface area contributed by atoms with Crippen molar-refractivity contribution >= 4 is 0 Å². The minimum Gasteiger partial charge on any atom is -0.309 e. The molecule has 0 aliphatic carbocycles. The lowest BCUT2D eigenvalue weighted by Gasteiger charge is -2.47. The van der Waals surface area contributed by atoms with Crippen LogP contribution in [0.3, 0.4) is 0 Å². The van der Waals surface area contributed by atoms with E-state index in [2.05, 4.69) is 43.8 Å². The summed E-state index contributed by atoms with van der Waals surface area (Å²) in [6.45, 7) is 12.4. The lowest BCUT2D eigenvalue weighted by Crippen LogP contribution is -2.63. The molecule has 0 aromatic rings. The Morgan fingerprint density at radius 1 is 1.56 bits per heavy atom. The summed E-state index contributed by atoms with van der Waals surface area (Å²) >= 11 is 0. The van der Waals surface area contributed by atoms with Crippen LogP contribution in [0.25, 0.3) is 0 Å². The van der Waals surface area contributed by atoms with E-state index in [9.17, 15) is 0 Å². The third kappa shape index (κ3) is 3.23. The molecule has 0 saturated carbocycles. The van der Waals surface area contributed by atoms with Crippen molar-refractivity contribution in [2.45, 2.75) is 52.1 Å². The Labute approximate surface area is 101 Å². The van der Waals surface area contributed by atoms with Gasteiger partial charge in [0.15, 0.2) is 0 Å². The van der Waals surface area contributed by atoms with Crippen LogP contribution in [0.2, 0.25) is 0 Å². The Balaban J connectivity index is 2.66. The Kier molecular flexibility index (Phi) is 4.83. The molecule has 0 aromatic heterocycles. The molecule has 1 N–H and O–H groups in total. The zero-order valence-electron chi connectivity index (χ0n) is 11.2. The van der Waals surface area contributed by atoms with Crippen LogP contribution in [-0.2, 0) is 0 Å². The fourth-order valence-electron chi connectivity index (χ4n) is 2.45. The molecule has 16 heavy (non-hydrogen) atoms. The highest BCUT2D eigenvalue weighted by atomic mass is 15.3.